The van der Waals surface area contributed by atoms with Crippen molar-refractivity contribution in [2.45, 2.75) is 51.9 Å². The first-order chi connectivity index (χ1) is 15.7. The van der Waals surface area contributed by atoms with Gasteiger partial charge in [-0.05, 0) is 61.6 Å². The molecule has 1 N–H and O–H groups in total. The van der Waals surface area contributed by atoms with E-state index in [-0.39, 0.29) is 11.8 Å². The van der Waals surface area contributed by atoms with E-state index in [2.05, 4.69) is 22.4 Å². The van der Waals surface area contributed by atoms with E-state index in [0.29, 0.717) is 23.8 Å². The van der Waals surface area contributed by atoms with Gasteiger partial charge in [0.15, 0.2) is 5.58 Å². The summed E-state index contributed by atoms with van der Waals surface area (Å²) in [4.78, 5) is 16.3. The lowest BCUT2D eigenvalue weighted by Gasteiger charge is -2.21. The molecular weight excluding hydrogens is 402 g/mol. The topological polar surface area (TPSA) is 76.7 Å². The molecule has 2 aromatic carbocycles. The third-order valence-electron chi connectivity index (χ3n) is 6.61. The summed E-state index contributed by atoms with van der Waals surface area (Å²) in [7, 11) is 0. The molecular formula is C26H29N3O3. The van der Waals surface area contributed by atoms with E-state index in [1.54, 1.807) is 0 Å². The first-order valence-electron chi connectivity index (χ1n) is 11.7. The highest BCUT2D eigenvalue weighted by Gasteiger charge is 2.24. The molecule has 1 fully saturated rings. The Morgan fingerprint density at radius 1 is 1.06 bits per heavy atom. The van der Waals surface area contributed by atoms with Crippen LogP contribution >= 0.6 is 0 Å². The van der Waals surface area contributed by atoms with Crippen LogP contribution in [0.4, 0.5) is 0 Å². The SMILES string of the molecule is CCC1CC(=O)NN=C1c1ccc2nc(-c3ccc(OCC4CCCCC4)cc3)oc2c1. The van der Waals surface area contributed by atoms with Crippen LogP contribution in [-0.2, 0) is 4.79 Å². The van der Waals surface area contributed by atoms with Gasteiger partial charge in [0, 0.05) is 23.5 Å². The van der Waals surface area contributed by atoms with E-state index in [1.165, 1.54) is 32.1 Å². The third-order valence-corrected chi connectivity index (χ3v) is 6.61. The molecule has 166 valence electrons. The Balaban J connectivity index is 1.32. The van der Waals surface area contributed by atoms with Gasteiger partial charge in [-0.3, -0.25) is 4.79 Å². The summed E-state index contributed by atoms with van der Waals surface area (Å²) in [6, 6.07) is 13.9. The van der Waals surface area contributed by atoms with Crippen molar-refractivity contribution >= 4 is 22.7 Å². The number of hydrogen-bond donors (Lipinski definition) is 1. The van der Waals surface area contributed by atoms with E-state index in [0.717, 1.165) is 41.1 Å². The van der Waals surface area contributed by atoms with Crippen molar-refractivity contribution in [1.29, 1.82) is 0 Å². The number of benzene rings is 2. The van der Waals surface area contributed by atoms with Crippen molar-refractivity contribution < 1.29 is 13.9 Å². The fraction of sp³-hybridized carbons (Fsp3) is 0.423. The Hall–Kier alpha value is -3.15. The van der Waals surface area contributed by atoms with Crippen LogP contribution in [0.15, 0.2) is 52.0 Å². The average molecular weight is 432 g/mol. The van der Waals surface area contributed by atoms with Gasteiger partial charge in [0.05, 0.1) is 12.3 Å². The number of ether oxygens (including phenoxy) is 1. The zero-order valence-corrected chi connectivity index (χ0v) is 18.5. The molecule has 1 atom stereocenters. The van der Waals surface area contributed by atoms with E-state index in [1.807, 2.05) is 42.5 Å². The fourth-order valence-corrected chi connectivity index (χ4v) is 4.69. The molecule has 1 aromatic heterocycles. The molecule has 0 radical (unpaired) electrons. The van der Waals surface area contributed by atoms with Crippen molar-refractivity contribution in [3.05, 3.63) is 48.0 Å². The van der Waals surface area contributed by atoms with Crippen LogP contribution < -0.4 is 10.2 Å². The van der Waals surface area contributed by atoms with Crippen molar-refractivity contribution in [2.24, 2.45) is 16.9 Å². The van der Waals surface area contributed by atoms with Crippen LogP contribution in [0.3, 0.4) is 0 Å². The minimum atomic E-state index is -0.0326. The number of fused-ring (bicyclic) bond motifs is 1. The summed E-state index contributed by atoms with van der Waals surface area (Å²) in [5.41, 5.74) is 6.88. The number of amides is 1. The highest BCUT2D eigenvalue weighted by molar-refractivity contribution is 6.07. The van der Waals surface area contributed by atoms with E-state index in [9.17, 15) is 4.79 Å². The first-order valence-corrected chi connectivity index (χ1v) is 11.7. The number of nitrogens with one attached hydrogen (secondary N) is 1. The van der Waals surface area contributed by atoms with Crippen molar-refractivity contribution in [1.82, 2.24) is 10.4 Å². The summed E-state index contributed by atoms with van der Waals surface area (Å²) in [6.45, 7) is 2.88. The second-order valence-electron chi connectivity index (χ2n) is 8.88. The zero-order valence-electron chi connectivity index (χ0n) is 18.5. The quantitative estimate of drug-likeness (QED) is 0.543. The maximum absolute atomic E-state index is 11.7. The van der Waals surface area contributed by atoms with Gasteiger partial charge in [-0.1, -0.05) is 32.3 Å². The van der Waals surface area contributed by atoms with Gasteiger partial charge in [0.2, 0.25) is 11.8 Å². The number of aromatic nitrogens is 1. The second-order valence-corrected chi connectivity index (χ2v) is 8.88. The summed E-state index contributed by atoms with van der Waals surface area (Å²) in [5.74, 6) is 2.24. The van der Waals surface area contributed by atoms with Gasteiger partial charge in [-0.25, -0.2) is 10.4 Å². The van der Waals surface area contributed by atoms with Gasteiger partial charge in [-0.15, -0.1) is 0 Å². The number of carbonyl (C=O) groups excluding carboxylic acids is 1. The highest BCUT2D eigenvalue weighted by Crippen LogP contribution is 2.29. The van der Waals surface area contributed by atoms with Gasteiger partial charge < -0.3 is 9.15 Å². The largest absolute Gasteiger partial charge is 0.493 e. The Bertz CT molecular complexity index is 1130. The predicted molar refractivity (Wildman–Crippen MR) is 125 cm³/mol. The number of rotatable bonds is 6. The summed E-state index contributed by atoms with van der Waals surface area (Å²) in [5, 5.41) is 4.31. The Morgan fingerprint density at radius 2 is 1.84 bits per heavy atom. The van der Waals surface area contributed by atoms with Gasteiger partial charge in [0.25, 0.3) is 0 Å². The minimum Gasteiger partial charge on any atom is -0.493 e. The second kappa shape index (κ2) is 9.15. The molecule has 0 spiro atoms. The van der Waals surface area contributed by atoms with Crippen LogP contribution in [0.1, 0.15) is 57.4 Å². The Morgan fingerprint density at radius 3 is 2.62 bits per heavy atom. The van der Waals surface area contributed by atoms with Crippen molar-refractivity contribution in [2.75, 3.05) is 6.61 Å². The lowest BCUT2D eigenvalue weighted by Crippen LogP contribution is -2.33. The molecule has 1 aliphatic carbocycles. The molecule has 5 rings (SSSR count). The molecule has 6 nitrogen and oxygen atoms in total. The van der Waals surface area contributed by atoms with Gasteiger partial charge in [-0.2, -0.15) is 5.10 Å². The maximum atomic E-state index is 11.7. The Kier molecular flexibility index (Phi) is 5.93. The number of nitrogens with zero attached hydrogens (tertiary/aromatic N) is 2. The maximum Gasteiger partial charge on any atom is 0.240 e. The monoisotopic (exact) mass is 431 g/mol. The molecule has 1 saturated carbocycles. The van der Waals surface area contributed by atoms with Crippen LogP contribution in [0.5, 0.6) is 5.75 Å². The standard InChI is InChI=1S/C26H29N3O3/c1-2-18-15-24(30)28-29-25(18)20-10-13-22-23(14-20)32-26(27-22)19-8-11-21(12-9-19)31-16-17-6-4-3-5-7-17/h8-14,17-18H,2-7,15-16H2,1H3,(H,28,30). The molecule has 0 bridgehead atoms. The first kappa shape index (κ1) is 20.7. The molecule has 1 aliphatic heterocycles. The molecule has 3 aromatic rings. The number of hydrazone groups is 1. The molecule has 32 heavy (non-hydrogen) atoms. The summed E-state index contributed by atoms with van der Waals surface area (Å²) in [6.07, 6.45) is 7.90. The minimum absolute atomic E-state index is 0.0326. The van der Waals surface area contributed by atoms with Gasteiger partial charge in [0.1, 0.15) is 11.3 Å². The Labute approximate surface area is 188 Å². The fourth-order valence-electron chi connectivity index (χ4n) is 4.69. The molecule has 2 heterocycles. The third kappa shape index (κ3) is 4.40. The lowest BCUT2D eigenvalue weighted by molar-refractivity contribution is -0.122. The van der Waals surface area contributed by atoms with Crippen molar-refractivity contribution in [3.8, 4) is 17.2 Å². The molecule has 6 heteroatoms. The van der Waals surface area contributed by atoms with Crippen LogP contribution in [-0.4, -0.2) is 23.2 Å². The van der Waals surface area contributed by atoms with E-state index < -0.39 is 0 Å². The zero-order chi connectivity index (χ0) is 21.9. The van der Waals surface area contributed by atoms with Gasteiger partial charge >= 0.3 is 0 Å². The summed E-state index contributed by atoms with van der Waals surface area (Å²) < 4.78 is 12.1. The molecule has 1 amide bonds. The summed E-state index contributed by atoms with van der Waals surface area (Å²) >= 11 is 0. The van der Waals surface area contributed by atoms with Crippen LogP contribution in [0, 0.1) is 11.8 Å². The molecule has 0 saturated heterocycles. The normalized spacial score (nSPS) is 19.6. The molecule has 1 unspecified atom stereocenters. The highest BCUT2D eigenvalue weighted by atomic mass is 16.5. The number of carbonyl (C=O) groups is 1. The average Bonchev–Trinajstić information content (AvgIpc) is 3.27. The van der Waals surface area contributed by atoms with Crippen molar-refractivity contribution in [3.63, 3.8) is 0 Å². The van der Waals surface area contributed by atoms with Crippen LogP contribution in [0.2, 0.25) is 0 Å². The number of hydrogen-bond acceptors (Lipinski definition) is 5. The predicted octanol–water partition coefficient (Wildman–Crippen LogP) is 5.70. The smallest absolute Gasteiger partial charge is 0.240 e. The lowest BCUT2D eigenvalue weighted by atomic mass is 9.90. The van der Waals surface area contributed by atoms with Crippen LogP contribution in [0.25, 0.3) is 22.6 Å². The molecule has 2 aliphatic rings. The van der Waals surface area contributed by atoms with E-state index in [4.69, 9.17) is 9.15 Å². The number of oxazole rings is 1. The van der Waals surface area contributed by atoms with E-state index >= 15 is 0 Å².